The molecule has 2 nitrogen and oxygen atoms in total. The van der Waals surface area contributed by atoms with Gasteiger partial charge in [0.25, 0.3) is 0 Å². The molecule has 0 saturated heterocycles. The summed E-state index contributed by atoms with van der Waals surface area (Å²) in [6.45, 7) is 11.7. The lowest BCUT2D eigenvalue weighted by molar-refractivity contribution is 0.0852. The van der Waals surface area contributed by atoms with E-state index >= 15 is 0 Å². The van der Waals surface area contributed by atoms with E-state index in [0.29, 0.717) is 0 Å². The Hall–Kier alpha value is -1.52. The summed E-state index contributed by atoms with van der Waals surface area (Å²) in [5.74, 6) is 4.49. The van der Waals surface area contributed by atoms with Gasteiger partial charge < -0.3 is 0 Å². The maximum atomic E-state index is 12.3. The van der Waals surface area contributed by atoms with Crippen LogP contribution in [0.2, 0.25) is 0 Å². The summed E-state index contributed by atoms with van der Waals surface area (Å²) in [5.41, 5.74) is 3.43. The lowest BCUT2D eigenvalue weighted by Crippen LogP contribution is -2.20. The fourth-order valence-corrected chi connectivity index (χ4v) is 4.96. The molecule has 4 heteroatoms. The fraction of sp³-hybridized carbons (Fsp3) is 0.462. The molecule has 0 aromatic heterocycles. The summed E-state index contributed by atoms with van der Waals surface area (Å²) in [4.78, 5) is 24.6. The first-order valence-electron chi connectivity index (χ1n) is 10.4. The SMILES string of the molecule is CC(C)(C)C(=O)c1ccc(CSCCSCc2ccc(C(=O)C(C)(C)C)cc2)cc1. The lowest BCUT2D eigenvalue weighted by Gasteiger charge is -2.16. The number of carbonyl (C=O) groups is 2. The van der Waals surface area contributed by atoms with Gasteiger partial charge in [0.2, 0.25) is 0 Å². The minimum Gasteiger partial charge on any atom is -0.294 e. The standard InChI is InChI=1S/C26H34O2S2/c1-25(2,3)23(27)21-11-7-19(8-12-21)17-29-15-16-30-18-20-9-13-22(14-10-20)24(28)26(4,5)6/h7-14H,15-18H2,1-6H3. The number of ketones is 2. The van der Waals surface area contributed by atoms with Crippen LogP contribution in [0.4, 0.5) is 0 Å². The highest BCUT2D eigenvalue weighted by Gasteiger charge is 2.23. The Balaban J connectivity index is 1.69. The zero-order valence-electron chi connectivity index (χ0n) is 19.1. The highest BCUT2D eigenvalue weighted by atomic mass is 32.2. The summed E-state index contributed by atoms with van der Waals surface area (Å²) >= 11 is 3.84. The number of carbonyl (C=O) groups excluding carboxylic acids is 2. The molecule has 0 radical (unpaired) electrons. The van der Waals surface area contributed by atoms with Crippen molar-refractivity contribution < 1.29 is 9.59 Å². The van der Waals surface area contributed by atoms with E-state index in [9.17, 15) is 9.59 Å². The Kier molecular flexibility index (Phi) is 8.81. The van der Waals surface area contributed by atoms with Gasteiger partial charge in [0.1, 0.15) is 0 Å². The third-order valence-corrected chi connectivity index (χ3v) is 7.02. The second kappa shape index (κ2) is 10.7. The van der Waals surface area contributed by atoms with Crippen LogP contribution in [0.25, 0.3) is 0 Å². The zero-order valence-corrected chi connectivity index (χ0v) is 20.7. The highest BCUT2D eigenvalue weighted by molar-refractivity contribution is 8.02. The van der Waals surface area contributed by atoms with Crippen LogP contribution in [0.5, 0.6) is 0 Å². The molecule has 2 aromatic rings. The van der Waals surface area contributed by atoms with Crippen molar-refractivity contribution in [3.05, 3.63) is 70.8 Å². The van der Waals surface area contributed by atoms with Crippen LogP contribution >= 0.6 is 23.5 Å². The van der Waals surface area contributed by atoms with E-state index in [-0.39, 0.29) is 22.4 Å². The molecule has 162 valence electrons. The van der Waals surface area contributed by atoms with Gasteiger partial charge in [-0.1, -0.05) is 90.1 Å². The van der Waals surface area contributed by atoms with Crippen molar-refractivity contribution in [2.24, 2.45) is 10.8 Å². The smallest absolute Gasteiger partial charge is 0.168 e. The number of thioether (sulfide) groups is 2. The third kappa shape index (κ3) is 7.63. The average molecular weight is 443 g/mol. The van der Waals surface area contributed by atoms with Crippen LogP contribution in [-0.2, 0) is 11.5 Å². The van der Waals surface area contributed by atoms with Crippen molar-refractivity contribution >= 4 is 35.1 Å². The van der Waals surface area contributed by atoms with Crippen molar-refractivity contribution in [2.45, 2.75) is 53.0 Å². The van der Waals surface area contributed by atoms with Crippen LogP contribution < -0.4 is 0 Å². The molecule has 0 aliphatic heterocycles. The zero-order chi connectivity index (χ0) is 22.4. The number of hydrogen-bond acceptors (Lipinski definition) is 4. The summed E-state index contributed by atoms with van der Waals surface area (Å²) < 4.78 is 0. The van der Waals surface area contributed by atoms with Gasteiger partial charge in [0.15, 0.2) is 11.6 Å². The van der Waals surface area contributed by atoms with Crippen molar-refractivity contribution in [3.8, 4) is 0 Å². The van der Waals surface area contributed by atoms with Crippen LogP contribution in [0.15, 0.2) is 48.5 Å². The van der Waals surface area contributed by atoms with E-state index in [1.165, 1.54) is 11.1 Å². The van der Waals surface area contributed by atoms with E-state index < -0.39 is 0 Å². The van der Waals surface area contributed by atoms with Crippen LogP contribution in [0, 0.1) is 10.8 Å². The molecule has 30 heavy (non-hydrogen) atoms. The van der Waals surface area contributed by atoms with Gasteiger partial charge in [0, 0.05) is 45.0 Å². The number of hydrogen-bond donors (Lipinski definition) is 0. The van der Waals surface area contributed by atoms with E-state index in [1.54, 1.807) is 0 Å². The van der Waals surface area contributed by atoms with Gasteiger partial charge in [-0.15, -0.1) is 0 Å². The second-order valence-corrected chi connectivity index (χ2v) is 11.9. The van der Waals surface area contributed by atoms with Gasteiger partial charge in [0.05, 0.1) is 0 Å². The minimum atomic E-state index is -0.337. The van der Waals surface area contributed by atoms with E-state index in [0.717, 1.165) is 34.1 Å². The Morgan fingerprint density at radius 3 is 1.17 bits per heavy atom. The molecule has 2 rings (SSSR count). The average Bonchev–Trinajstić information content (AvgIpc) is 2.69. The first-order chi connectivity index (χ1) is 14.0. The molecular weight excluding hydrogens is 408 g/mol. The summed E-state index contributed by atoms with van der Waals surface area (Å²) in [6, 6.07) is 16.1. The van der Waals surface area contributed by atoms with E-state index in [4.69, 9.17) is 0 Å². The molecule has 2 aromatic carbocycles. The molecule has 0 fully saturated rings. The molecule has 0 aliphatic carbocycles. The number of rotatable bonds is 9. The molecule has 0 unspecified atom stereocenters. The monoisotopic (exact) mass is 442 g/mol. The first kappa shape index (κ1) is 24.7. The molecule has 0 spiro atoms. The van der Waals surface area contributed by atoms with Gasteiger partial charge >= 0.3 is 0 Å². The number of benzene rings is 2. The van der Waals surface area contributed by atoms with Crippen molar-refractivity contribution in [2.75, 3.05) is 11.5 Å². The molecule has 0 N–H and O–H groups in total. The van der Waals surface area contributed by atoms with Gasteiger partial charge in [-0.05, 0) is 11.1 Å². The molecule has 0 bridgehead atoms. The molecular formula is C26H34O2S2. The Morgan fingerprint density at radius 1 is 0.600 bits per heavy atom. The Morgan fingerprint density at radius 2 is 0.900 bits per heavy atom. The normalized spacial score (nSPS) is 12.1. The predicted molar refractivity (Wildman–Crippen MR) is 133 cm³/mol. The number of Topliss-reactive ketones (excluding diaryl/α,β-unsaturated/α-hetero) is 2. The summed E-state index contributed by atoms with van der Waals surface area (Å²) in [5, 5.41) is 0. The van der Waals surface area contributed by atoms with Crippen molar-refractivity contribution in [1.29, 1.82) is 0 Å². The van der Waals surface area contributed by atoms with Gasteiger partial charge in [-0.25, -0.2) is 0 Å². The molecule has 0 aliphatic rings. The van der Waals surface area contributed by atoms with Crippen LogP contribution in [0.3, 0.4) is 0 Å². The van der Waals surface area contributed by atoms with Crippen molar-refractivity contribution in [1.82, 2.24) is 0 Å². The fourth-order valence-electron chi connectivity index (χ4n) is 2.87. The van der Waals surface area contributed by atoms with Gasteiger partial charge in [-0.2, -0.15) is 23.5 Å². The Bertz CT molecular complexity index is 765. The van der Waals surface area contributed by atoms with Crippen LogP contribution in [-0.4, -0.2) is 23.1 Å². The minimum absolute atomic E-state index is 0.189. The summed E-state index contributed by atoms with van der Waals surface area (Å²) in [6.07, 6.45) is 0. The second-order valence-electron chi connectivity index (χ2n) is 9.66. The van der Waals surface area contributed by atoms with E-state index in [1.807, 2.05) is 89.3 Å². The molecule has 0 amide bonds. The van der Waals surface area contributed by atoms with E-state index in [2.05, 4.69) is 24.3 Å². The lowest BCUT2D eigenvalue weighted by atomic mass is 9.86. The maximum absolute atomic E-state index is 12.3. The predicted octanol–water partition coefficient (Wildman–Crippen LogP) is 7.31. The molecule has 0 atom stereocenters. The molecule has 0 heterocycles. The maximum Gasteiger partial charge on any atom is 0.168 e. The van der Waals surface area contributed by atoms with Crippen LogP contribution in [0.1, 0.15) is 73.4 Å². The van der Waals surface area contributed by atoms with Crippen molar-refractivity contribution in [3.63, 3.8) is 0 Å². The molecule has 0 saturated carbocycles. The Labute approximate surface area is 190 Å². The highest BCUT2D eigenvalue weighted by Crippen LogP contribution is 2.24. The summed E-state index contributed by atoms with van der Waals surface area (Å²) in [7, 11) is 0. The van der Waals surface area contributed by atoms with Gasteiger partial charge in [-0.3, -0.25) is 9.59 Å². The largest absolute Gasteiger partial charge is 0.294 e. The third-order valence-electron chi connectivity index (χ3n) is 4.70. The topological polar surface area (TPSA) is 34.1 Å². The quantitative estimate of drug-likeness (QED) is 0.301. The first-order valence-corrected chi connectivity index (χ1v) is 12.7.